The molecule has 1 atom stereocenters. The Bertz CT molecular complexity index is 485. The van der Waals surface area contributed by atoms with E-state index in [1.54, 1.807) is 18.2 Å². The van der Waals surface area contributed by atoms with Gasteiger partial charge in [0.2, 0.25) is 0 Å². The number of hydrogen-bond donors (Lipinski definition) is 3. The van der Waals surface area contributed by atoms with Crippen LogP contribution in [0.15, 0.2) is 24.3 Å². The van der Waals surface area contributed by atoms with Gasteiger partial charge in [0.1, 0.15) is 6.04 Å². The molecule has 0 radical (unpaired) electrons. The van der Waals surface area contributed by atoms with Gasteiger partial charge in [0.25, 0.3) is 0 Å². The maximum absolute atomic E-state index is 11.4. The molecule has 0 saturated heterocycles. The fraction of sp³-hybridized carbons (Fsp3) is 0.250. The number of rotatable bonds is 4. The van der Waals surface area contributed by atoms with Gasteiger partial charge < -0.3 is 15.7 Å². The second kappa shape index (κ2) is 5.81. The molecule has 3 N–H and O–H groups in total. The van der Waals surface area contributed by atoms with Crippen molar-refractivity contribution in [1.29, 1.82) is 0 Å². The number of carboxylic acids is 1. The number of anilines is 1. The number of carbonyl (C=O) groups excluding carboxylic acids is 2. The molecule has 6 heteroatoms. The highest BCUT2D eigenvalue weighted by atomic mass is 16.4. The van der Waals surface area contributed by atoms with Crippen LogP contribution in [0.25, 0.3) is 0 Å². The minimum Gasteiger partial charge on any atom is -0.480 e. The van der Waals surface area contributed by atoms with Crippen molar-refractivity contribution in [2.45, 2.75) is 19.9 Å². The molecule has 2 amide bonds. The van der Waals surface area contributed by atoms with Crippen molar-refractivity contribution in [3.63, 3.8) is 0 Å². The third-order valence-electron chi connectivity index (χ3n) is 2.24. The number of nitrogens with one attached hydrogen (secondary N) is 2. The van der Waals surface area contributed by atoms with Crippen LogP contribution in [0.2, 0.25) is 0 Å². The number of urea groups is 1. The molecule has 0 aromatic heterocycles. The predicted octanol–water partition coefficient (Wildman–Crippen LogP) is 1.48. The highest BCUT2D eigenvalue weighted by Crippen LogP contribution is 2.10. The highest BCUT2D eigenvalue weighted by Gasteiger charge is 2.13. The van der Waals surface area contributed by atoms with Gasteiger partial charge in [-0.3, -0.25) is 9.59 Å². The molecule has 0 aliphatic rings. The molecule has 0 aliphatic carbocycles. The molecule has 1 aromatic carbocycles. The number of ketones is 1. The zero-order chi connectivity index (χ0) is 13.7. The van der Waals surface area contributed by atoms with E-state index in [9.17, 15) is 14.4 Å². The molecular formula is C12H14N2O4. The lowest BCUT2D eigenvalue weighted by atomic mass is 10.1. The molecule has 0 bridgehead atoms. The van der Waals surface area contributed by atoms with E-state index in [4.69, 9.17) is 5.11 Å². The molecule has 0 spiro atoms. The zero-order valence-corrected chi connectivity index (χ0v) is 10.1. The summed E-state index contributed by atoms with van der Waals surface area (Å²) in [6.45, 7) is 2.78. The number of Topliss-reactive ketones (excluding diaryl/α,β-unsaturated/α-hetero) is 1. The Labute approximate surface area is 104 Å². The molecule has 1 rings (SSSR count). The maximum atomic E-state index is 11.4. The van der Waals surface area contributed by atoms with E-state index in [2.05, 4.69) is 10.6 Å². The Morgan fingerprint density at radius 1 is 1.28 bits per heavy atom. The van der Waals surface area contributed by atoms with Crippen molar-refractivity contribution in [3.05, 3.63) is 29.8 Å². The molecule has 0 aliphatic heterocycles. The van der Waals surface area contributed by atoms with Gasteiger partial charge in [-0.2, -0.15) is 0 Å². The Hall–Kier alpha value is -2.37. The lowest BCUT2D eigenvalue weighted by Gasteiger charge is -2.11. The summed E-state index contributed by atoms with van der Waals surface area (Å²) in [4.78, 5) is 33.1. The Morgan fingerprint density at radius 3 is 2.50 bits per heavy atom. The van der Waals surface area contributed by atoms with E-state index in [1.807, 2.05) is 0 Å². The number of aliphatic carboxylic acids is 1. The summed E-state index contributed by atoms with van der Waals surface area (Å²) in [7, 11) is 0. The zero-order valence-electron chi connectivity index (χ0n) is 10.1. The van der Waals surface area contributed by atoms with Crippen molar-refractivity contribution in [2.24, 2.45) is 0 Å². The smallest absolute Gasteiger partial charge is 0.325 e. The highest BCUT2D eigenvalue weighted by molar-refractivity contribution is 5.97. The summed E-state index contributed by atoms with van der Waals surface area (Å²) in [5, 5.41) is 13.3. The van der Waals surface area contributed by atoms with Crippen LogP contribution in [-0.2, 0) is 4.79 Å². The van der Waals surface area contributed by atoms with Gasteiger partial charge in [-0.15, -0.1) is 0 Å². The van der Waals surface area contributed by atoms with E-state index in [-0.39, 0.29) is 5.78 Å². The van der Waals surface area contributed by atoms with Crippen LogP contribution >= 0.6 is 0 Å². The van der Waals surface area contributed by atoms with Crippen molar-refractivity contribution in [3.8, 4) is 0 Å². The Balaban J connectivity index is 2.67. The number of amides is 2. The molecule has 96 valence electrons. The van der Waals surface area contributed by atoms with Gasteiger partial charge in [-0.05, 0) is 26.0 Å². The molecule has 18 heavy (non-hydrogen) atoms. The van der Waals surface area contributed by atoms with E-state index >= 15 is 0 Å². The molecule has 6 nitrogen and oxygen atoms in total. The number of benzene rings is 1. The van der Waals surface area contributed by atoms with Crippen molar-refractivity contribution < 1.29 is 19.5 Å². The van der Waals surface area contributed by atoms with Crippen molar-refractivity contribution in [2.75, 3.05) is 5.32 Å². The summed E-state index contributed by atoms with van der Waals surface area (Å²) >= 11 is 0. The lowest BCUT2D eigenvalue weighted by molar-refractivity contribution is -0.138. The monoisotopic (exact) mass is 250 g/mol. The number of carbonyl (C=O) groups is 3. The van der Waals surface area contributed by atoms with Crippen LogP contribution in [0, 0.1) is 0 Å². The minimum atomic E-state index is -1.12. The lowest BCUT2D eigenvalue weighted by Crippen LogP contribution is -2.40. The number of hydrogen-bond acceptors (Lipinski definition) is 3. The largest absolute Gasteiger partial charge is 0.480 e. The molecule has 0 saturated carbocycles. The second-order valence-electron chi connectivity index (χ2n) is 3.80. The third kappa shape index (κ3) is 3.89. The van der Waals surface area contributed by atoms with Gasteiger partial charge in [-0.25, -0.2) is 4.79 Å². The standard InChI is InChI=1S/C12H14N2O4/c1-7(11(16)17)13-12(18)14-10-5-3-4-9(6-10)8(2)15/h3-7H,1-2H3,(H,16,17)(H2,13,14,18)/t7-/m1/s1. The third-order valence-corrected chi connectivity index (χ3v) is 2.24. The first-order chi connectivity index (χ1) is 8.40. The fourth-order valence-corrected chi connectivity index (χ4v) is 1.24. The first-order valence-corrected chi connectivity index (χ1v) is 5.31. The van der Waals surface area contributed by atoms with E-state index in [0.717, 1.165) is 0 Å². The summed E-state index contributed by atoms with van der Waals surface area (Å²) in [6, 6.07) is 4.77. The van der Waals surface area contributed by atoms with Crippen LogP contribution in [0.3, 0.4) is 0 Å². The predicted molar refractivity (Wildman–Crippen MR) is 65.7 cm³/mol. The van der Waals surface area contributed by atoms with Crippen LogP contribution in [-0.4, -0.2) is 28.9 Å². The van der Waals surface area contributed by atoms with Gasteiger partial charge >= 0.3 is 12.0 Å². The molecule has 1 aromatic rings. The minimum absolute atomic E-state index is 0.113. The van der Waals surface area contributed by atoms with Crippen molar-refractivity contribution >= 4 is 23.5 Å². The Kier molecular flexibility index (Phi) is 4.42. The molecular weight excluding hydrogens is 236 g/mol. The van der Waals surface area contributed by atoms with Crippen molar-refractivity contribution in [1.82, 2.24) is 5.32 Å². The van der Waals surface area contributed by atoms with Crippen LogP contribution in [0.1, 0.15) is 24.2 Å². The van der Waals surface area contributed by atoms with Crippen LogP contribution in [0.5, 0.6) is 0 Å². The van der Waals surface area contributed by atoms with Crippen LogP contribution in [0.4, 0.5) is 10.5 Å². The topological polar surface area (TPSA) is 95.5 Å². The van der Waals surface area contributed by atoms with Crippen LogP contribution < -0.4 is 10.6 Å². The van der Waals surface area contributed by atoms with E-state index < -0.39 is 18.0 Å². The Morgan fingerprint density at radius 2 is 1.94 bits per heavy atom. The summed E-state index contributed by atoms with van der Waals surface area (Å²) in [6.07, 6.45) is 0. The van der Waals surface area contributed by atoms with E-state index in [0.29, 0.717) is 11.3 Å². The molecule has 0 unspecified atom stereocenters. The van der Waals surface area contributed by atoms with E-state index in [1.165, 1.54) is 19.9 Å². The summed E-state index contributed by atoms with van der Waals surface area (Å²) in [5.74, 6) is -1.24. The molecule has 0 heterocycles. The van der Waals surface area contributed by atoms with Gasteiger partial charge in [0.15, 0.2) is 5.78 Å². The number of carboxylic acid groups (broad SMARTS) is 1. The second-order valence-corrected chi connectivity index (χ2v) is 3.80. The summed E-state index contributed by atoms with van der Waals surface area (Å²) in [5.41, 5.74) is 0.900. The van der Waals surface area contributed by atoms with Gasteiger partial charge in [0.05, 0.1) is 0 Å². The summed E-state index contributed by atoms with van der Waals surface area (Å²) < 4.78 is 0. The average molecular weight is 250 g/mol. The maximum Gasteiger partial charge on any atom is 0.325 e. The fourth-order valence-electron chi connectivity index (χ4n) is 1.24. The quantitative estimate of drug-likeness (QED) is 0.705. The normalized spacial score (nSPS) is 11.4. The average Bonchev–Trinajstić information content (AvgIpc) is 2.28. The van der Waals surface area contributed by atoms with Gasteiger partial charge in [-0.1, -0.05) is 12.1 Å². The molecule has 0 fully saturated rings. The van der Waals surface area contributed by atoms with Gasteiger partial charge in [0, 0.05) is 11.3 Å². The SMILES string of the molecule is CC(=O)c1cccc(NC(=O)N[C@H](C)C(=O)O)c1. The first-order valence-electron chi connectivity index (χ1n) is 5.31. The first kappa shape index (κ1) is 13.7.